The molecule has 0 aliphatic rings. The van der Waals surface area contributed by atoms with Crippen LogP contribution in [0.15, 0.2) is 97.6 Å². The van der Waals surface area contributed by atoms with Crippen molar-refractivity contribution in [3.8, 4) is 0 Å². The quantitative estimate of drug-likeness (QED) is 0.526. The lowest BCUT2D eigenvalue weighted by atomic mass is 10.2. The predicted octanol–water partition coefficient (Wildman–Crippen LogP) is 7.19. The van der Waals surface area contributed by atoms with Gasteiger partial charge in [0, 0.05) is 0 Å². The van der Waals surface area contributed by atoms with Gasteiger partial charge in [-0.25, -0.2) is 0 Å². The van der Waals surface area contributed by atoms with E-state index in [0.29, 0.717) is 0 Å². The fourth-order valence-corrected chi connectivity index (χ4v) is 1.51. The lowest BCUT2D eigenvalue weighted by Crippen LogP contribution is -1.65. The molecular weight excluding hydrogens is 276 g/mol. The topological polar surface area (TPSA) is 0 Å². The van der Waals surface area contributed by atoms with Crippen LogP contribution in [0.3, 0.4) is 0 Å². The standard InChI is InChI=1S/2C9H10.C5H8/c2*1-2-6-9-7-4-3-5-8-9;1-4-5(2)3/h2*2-8H,1H3;4H,1-2H2,3H3. The van der Waals surface area contributed by atoms with Gasteiger partial charge < -0.3 is 0 Å². The SMILES string of the molecule is C=CC(=C)C.CC=Cc1ccccc1.CC=Cc1ccccc1. The average molecular weight is 304 g/mol. The van der Waals surface area contributed by atoms with E-state index in [2.05, 4.69) is 49.6 Å². The molecule has 0 heterocycles. The van der Waals surface area contributed by atoms with E-state index in [4.69, 9.17) is 0 Å². The fraction of sp³-hybridized carbons (Fsp3) is 0.130. The molecule has 2 aromatic rings. The van der Waals surface area contributed by atoms with Crippen molar-refractivity contribution in [2.75, 3.05) is 0 Å². The van der Waals surface area contributed by atoms with Crippen LogP contribution in [0.25, 0.3) is 12.2 Å². The van der Waals surface area contributed by atoms with Crippen LogP contribution >= 0.6 is 0 Å². The summed E-state index contributed by atoms with van der Waals surface area (Å²) in [5.41, 5.74) is 3.55. The summed E-state index contributed by atoms with van der Waals surface area (Å²) in [7, 11) is 0. The van der Waals surface area contributed by atoms with Crippen LogP contribution in [-0.2, 0) is 0 Å². The van der Waals surface area contributed by atoms with E-state index in [0.717, 1.165) is 5.57 Å². The molecule has 0 amide bonds. The maximum atomic E-state index is 3.56. The third kappa shape index (κ3) is 12.8. The van der Waals surface area contributed by atoms with Crippen LogP contribution in [0.1, 0.15) is 31.9 Å². The summed E-state index contributed by atoms with van der Waals surface area (Å²) >= 11 is 0. The highest BCUT2D eigenvalue weighted by Gasteiger charge is 1.78. The molecule has 2 aromatic carbocycles. The van der Waals surface area contributed by atoms with Gasteiger partial charge in [-0.3, -0.25) is 0 Å². The van der Waals surface area contributed by atoms with Gasteiger partial charge in [0.1, 0.15) is 0 Å². The number of hydrogen-bond acceptors (Lipinski definition) is 0. The molecule has 0 saturated carbocycles. The van der Waals surface area contributed by atoms with Crippen molar-refractivity contribution in [3.05, 3.63) is 109 Å². The van der Waals surface area contributed by atoms with Gasteiger partial charge in [-0.15, -0.1) is 0 Å². The van der Waals surface area contributed by atoms with Crippen LogP contribution in [0.5, 0.6) is 0 Å². The first kappa shape index (κ1) is 20.4. The Hall–Kier alpha value is -2.60. The van der Waals surface area contributed by atoms with E-state index in [1.54, 1.807) is 6.08 Å². The Kier molecular flexibility index (Phi) is 12.7. The van der Waals surface area contributed by atoms with Gasteiger partial charge in [0.2, 0.25) is 0 Å². The Balaban J connectivity index is 0.000000332. The van der Waals surface area contributed by atoms with Crippen LogP contribution in [0.2, 0.25) is 0 Å². The van der Waals surface area contributed by atoms with Gasteiger partial charge in [-0.05, 0) is 31.9 Å². The number of rotatable bonds is 3. The second-order valence-corrected chi connectivity index (χ2v) is 4.87. The molecule has 2 rings (SSSR count). The Morgan fingerprint density at radius 1 is 0.739 bits per heavy atom. The van der Waals surface area contributed by atoms with Gasteiger partial charge in [0.25, 0.3) is 0 Å². The van der Waals surface area contributed by atoms with Crippen molar-refractivity contribution >= 4 is 12.2 Å². The molecule has 0 radical (unpaired) electrons. The van der Waals surface area contributed by atoms with E-state index in [9.17, 15) is 0 Å². The summed E-state index contributed by atoms with van der Waals surface area (Å²) in [6, 6.07) is 20.5. The van der Waals surface area contributed by atoms with Crippen molar-refractivity contribution < 1.29 is 0 Å². The first-order valence-corrected chi connectivity index (χ1v) is 7.77. The zero-order valence-electron chi connectivity index (χ0n) is 14.6. The molecule has 0 heteroatoms. The Morgan fingerprint density at radius 3 is 1.26 bits per heavy atom. The zero-order valence-corrected chi connectivity index (χ0v) is 14.6. The van der Waals surface area contributed by atoms with Crippen molar-refractivity contribution in [2.45, 2.75) is 20.8 Å². The molecule has 0 fully saturated rings. The predicted molar refractivity (Wildman–Crippen MR) is 107 cm³/mol. The third-order valence-corrected chi connectivity index (χ3v) is 2.67. The fourth-order valence-electron chi connectivity index (χ4n) is 1.51. The lowest BCUT2D eigenvalue weighted by Gasteiger charge is -1.86. The summed E-state index contributed by atoms with van der Waals surface area (Å²) in [5.74, 6) is 0. The molecule has 0 atom stereocenters. The molecule has 23 heavy (non-hydrogen) atoms. The highest BCUT2D eigenvalue weighted by molar-refractivity contribution is 5.48. The van der Waals surface area contributed by atoms with Crippen molar-refractivity contribution in [3.63, 3.8) is 0 Å². The van der Waals surface area contributed by atoms with Gasteiger partial charge in [-0.2, -0.15) is 0 Å². The van der Waals surface area contributed by atoms with E-state index in [1.165, 1.54) is 11.1 Å². The molecule has 0 aliphatic heterocycles. The first-order chi connectivity index (χ1) is 11.1. The maximum Gasteiger partial charge on any atom is -0.0260 e. The minimum atomic E-state index is 1.02. The van der Waals surface area contributed by atoms with Crippen LogP contribution in [0.4, 0.5) is 0 Å². The maximum absolute atomic E-state index is 3.56. The minimum absolute atomic E-state index is 1.02. The van der Waals surface area contributed by atoms with E-state index in [1.807, 2.05) is 69.3 Å². The van der Waals surface area contributed by atoms with Crippen molar-refractivity contribution in [1.82, 2.24) is 0 Å². The first-order valence-electron chi connectivity index (χ1n) is 7.77. The molecule has 0 unspecified atom stereocenters. The van der Waals surface area contributed by atoms with Gasteiger partial charge in [0.15, 0.2) is 0 Å². The molecule has 120 valence electrons. The second kappa shape index (κ2) is 14.3. The summed E-state index contributed by atoms with van der Waals surface area (Å²) in [6.45, 7) is 13.0. The molecule has 0 saturated heterocycles. The number of allylic oxidation sites excluding steroid dienone is 4. The van der Waals surface area contributed by atoms with Crippen LogP contribution in [0, 0.1) is 0 Å². The van der Waals surface area contributed by atoms with Crippen LogP contribution in [-0.4, -0.2) is 0 Å². The van der Waals surface area contributed by atoms with Gasteiger partial charge in [0.05, 0.1) is 0 Å². The number of hydrogen-bond donors (Lipinski definition) is 0. The Labute approximate surface area is 142 Å². The van der Waals surface area contributed by atoms with Gasteiger partial charge in [-0.1, -0.05) is 110 Å². The normalized spacial score (nSPS) is 9.52. The molecule has 0 bridgehead atoms. The summed E-state index contributed by atoms with van der Waals surface area (Å²) in [6.07, 6.45) is 9.96. The summed E-state index contributed by atoms with van der Waals surface area (Å²) < 4.78 is 0. The summed E-state index contributed by atoms with van der Waals surface area (Å²) in [5, 5.41) is 0. The largest absolute Gasteiger partial charge is 0.0988 e. The van der Waals surface area contributed by atoms with E-state index >= 15 is 0 Å². The smallest absolute Gasteiger partial charge is 0.0260 e. The second-order valence-electron chi connectivity index (χ2n) is 4.87. The average Bonchev–Trinajstić information content (AvgIpc) is 2.58. The highest BCUT2D eigenvalue weighted by atomic mass is 13.8. The molecule has 0 spiro atoms. The van der Waals surface area contributed by atoms with Crippen LogP contribution < -0.4 is 0 Å². The number of benzene rings is 2. The van der Waals surface area contributed by atoms with Crippen molar-refractivity contribution in [1.29, 1.82) is 0 Å². The Bertz CT molecular complexity index is 539. The molecule has 0 aromatic heterocycles. The van der Waals surface area contributed by atoms with Gasteiger partial charge >= 0.3 is 0 Å². The lowest BCUT2D eigenvalue weighted by molar-refractivity contribution is 1.58. The summed E-state index contributed by atoms with van der Waals surface area (Å²) in [4.78, 5) is 0. The van der Waals surface area contributed by atoms with Crippen molar-refractivity contribution in [2.24, 2.45) is 0 Å². The Morgan fingerprint density at radius 2 is 1.04 bits per heavy atom. The monoisotopic (exact) mass is 304 g/mol. The molecule has 0 N–H and O–H groups in total. The van der Waals surface area contributed by atoms with E-state index in [-0.39, 0.29) is 0 Å². The minimum Gasteiger partial charge on any atom is -0.0988 e. The molecule has 0 nitrogen and oxygen atoms in total. The zero-order chi connectivity index (χ0) is 17.3. The highest BCUT2D eigenvalue weighted by Crippen LogP contribution is 2.00. The van der Waals surface area contributed by atoms with E-state index < -0.39 is 0 Å². The molecule has 0 aliphatic carbocycles. The third-order valence-electron chi connectivity index (χ3n) is 2.67. The molecular formula is C23H28.